The second kappa shape index (κ2) is 5.92. The Labute approximate surface area is 134 Å². The van der Waals surface area contributed by atoms with Gasteiger partial charge in [-0.1, -0.05) is 48.5 Å². The summed E-state index contributed by atoms with van der Waals surface area (Å²) >= 11 is 0. The monoisotopic (exact) mass is 336 g/mol. The van der Waals surface area contributed by atoms with E-state index in [0.29, 0.717) is 16.7 Å². The maximum Gasteiger partial charge on any atom is 0.511 e. The van der Waals surface area contributed by atoms with Gasteiger partial charge in [-0.15, -0.1) is 0 Å². The number of fused-ring (bicyclic) bond motifs is 1. The van der Waals surface area contributed by atoms with Crippen molar-refractivity contribution in [3.8, 4) is 16.9 Å². The number of ether oxygens (including phenoxy) is 2. The Balaban J connectivity index is 2.13. The highest BCUT2D eigenvalue weighted by Gasteiger charge is 2.48. The van der Waals surface area contributed by atoms with E-state index in [1.807, 2.05) is 0 Å². The molecule has 124 valence electrons. The molecule has 0 spiro atoms. The van der Waals surface area contributed by atoms with Crippen LogP contribution in [0.2, 0.25) is 0 Å². The van der Waals surface area contributed by atoms with Crippen LogP contribution in [-0.4, -0.2) is 23.5 Å². The SMILES string of the molecule is O=C(O)OC1=Cc2cccc(-c3ccccc3)c2OC1C(F)(F)F. The molecule has 1 aliphatic rings. The minimum atomic E-state index is -4.82. The molecule has 1 atom stereocenters. The van der Waals surface area contributed by atoms with Crippen LogP contribution in [0.5, 0.6) is 5.75 Å². The fourth-order valence-corrected chi connectivity index (χ4v) is 2.46. The van der Waals surface area contributed by atoms with Gasteiger partial charge in [-0.05, 0) is 11.6 Å². The van der Waals surface area contributed by atoms with Crippen LogP contribution in [0, 0.1) is 0 Å². The summed E-state index contributed by atoms with van der Waals surface area (Å²) in [5, 5.41) is 8.64. The number of carbonyl (C=O) groups is 1. The van der Waals surface area contributed by atoms with Gasteiger partial charge in [-0.2, -0.15) is 13.2 Å². The Morgan fingerprint density at radius 3 is 2.42 bits per heavy atom. The van der Waals surface area contributed by atoms with Gasteiger partial charge in [0.2, 0.25) is 0 Å². The predicted octanol–water partition coefficient (Wildman–Crippen LogP) is 4.71. The van der Waals surface area contributed by atoms with Crippen molar-refractivity contribution in [3.63, 3.8) is 0 Å². The van der Waals surface area contributed by atoms with E-state index in [2.05, 4.69) is 4.74 Å². The van der Waals surface area contributed by atoms with Crippen LogP contribution < -0.4 is 4.74 Å². The maximum absolute atomic E-state index is 13.2. The molecular formula is C17H11F3O4. The van der Waals surface area contributed by atoms with E-state index in [4.69, 9.17) is 9.84 Å². The van der Waals surface area contributed by atoms with E-state index >= 15 is 0 Å². The molecule has 0 aromatic heterocycles. The highest BCUT2D eigenvalue weighted by molar-refractivity contribution is 5.78. The topological polar surface area (TPSA) is 55.8 Å². The largest absolute Gasteiger partial charge is 0.511 e. The number of carboxylic acid groups (broad SMARTS) is 1. The first-order valence-electron chi connectivity index (χ1n) is 6.90. The number of para-hydroxylation sites is 1. The van der Waals surface area contributed by atoms with Gasteiger partial charge in [0.1, 0.15) is 5.75 Å². The number of hydrogen-bond acceptors (Lipinski definition) is 3. The normalized spacial score (nSPS) is 16.6. The molecular weight excluding hydrogens is 325 g/mol. The third-order valence-electron chi connectivity index (χ3n) is 3.42. The second-order valence-corrected chi connectivity index (χ2v) is 5.04. The summed E-state index contributed by atoms with van der Waals surface area (Å²) in [6, 6.07) is 13.6. The molecule has 0 bridgehead atoms. The molecule has 0 fully saturated rings. The molecule has 1 heterocycles. The summed E-state index contributed by atoms with van der Waals surface area (Å²) < 4.78 is 49.1. The van der Waals surface area contributed by atoms with Crippen molar-refractivity contribution in [1.82, 2.24) is 0 Å². The molecule has 0 aliphatic carbocycles. The highest BCUT2D eigenvalue weighted by atomic mass is 19.4. The highest BCUT2D eigenvalue weighted by Crippen LogP contribution is 2.42. The van der Waals surface area contributed by atoms with Crippen molar-refractivity contribution in [1.29, 1.82) is 0 Å². The Morgan fingerprint density at radius 2 is 1.79 bits per heavy atom. The van der Waals surface area contributed by atoms with Crippen LogP contribution in [0.1, 0.15) is 5.56 Å². The molecule has 7 heteroatoms. The summed E-state index contributed by atoms with van der Waals surface area (Å²) in [7, 11) is 0. The van der Waals surface area contributed by atoms with E-state index in [-0.39, 0.29) is 5.75 Å². The van der Waals surface area contributed by atoms with Crippen LogP contribution in [0.3, 0.4) is 0 Å². The van der Waals surface area contributed by atoms with Crippen molar-refractivity contribution in [3.05, 3.63) is 59.9 Å². The Morgan fingerprint density at radius 1 is 1.08 bits per heavy atom. The Kier molecular flexibility index (Phi) is 3.92. The van der Waals surface area contributed by atoms with E-state index in [1.54, 1.807) is 42.5 Å². The van der Waals surface area contributed by atoms with Crippen molar-refractivity contribution in [2.24, 2.45) is 0 Å². The molecule has 0 saturated heterocycles. The van der Waals surface area contributed by atoms with Crippen LogP contribution in [0.4, 0.5) is 18.0 Å². The standard InChI is InChI=1S/C17H11F3O4/c18-17(19,20)15-13(23-16(21)22)9-11-7-4-8-12(14(11)24-15)10-5-2-1-3-6-10/h1-9,15H,(H,21,22). The first kappa shape index (κ1) is 15.9. The average molecular weight is 336 g/mol. The molecule has 0 amide bonds. The van der Waals surface area contributed by atoms with Crippen molar-refractivity contribution < 1.29 is 32.5 Å². The number of rotatable bonds is 2. The zero-order valence-corrected chi connectivity index (χ0v) is 12.1. The smallest absolute Gasteiger partial charge is 0.472 e. The molecule has 4 nitrogen and oxygen atoms in total. The molecule has 1 aliphatic heterocycles. The zero-order valence-electron chi connectivity index (χ0n) is 12.1. The van der Waals surface area contributed by atoms with Gasteiger partial charge in [-0.25, -0.2) is 4.79 Å². The third-order valence-corrected chi connectivity index (χ3v) is 3.42. The Bertz CT molecular complexity index is 797. The van der Waals surface area contributed by atoms with Gasteiger partial charge in [0, 0.05) is 11.1 Å². The number of hydrogen-bond donors (Lipinski definition) is 1. The number of halogens is 3. The summed E-state index contributed by atoms with van der Waals surface area (Å²) in [4.78, 5) is 10.7. The second-order valence-electron chi connectivity index (χ2n) is 5.04. The van der Waals surface area contributed by atoms with Gasteiger partial charge in [-0.3, -0.25) is 0 Å². The van der Waals surface area contributed by atoms with E-state index in [1.165, 1.54) is 6.07 Å². The summed E-state index contributed by atoms with van der Waals surface area (Å²) in [6.45, 7) is 0. The van der Waals surface area contributed by atoms with Gasteiger partial charge >= 0.3 is 12.3 Å². The number of alkyl halides is 3. The van der Waals surface area contributed by atoms with Crippen LogP contribution in [0.25, 0.3) is 17.2 Å². The minimum absolute atomic E-state index is 0.0313. The first-order valence-corrected chi connectivity index (χ1v) is 6.90. The lowest BCUT2D eigenvalue weighted by atomic mass is 9.98. The third kappa shape index (κ3) is 3.05. The lowest BCUT2D eigenvalue weighted by Gasteiger charge is -2.28. The van der Waals surface area contributed by atoms with Gasteiger partial charge < -0.3 is 14.6 Å². The van der Waals surface area contributed by atoms with Crippen LogP contribution in [0.15, 0.2) is 54.3 Å². The van der Waals surface area contributed by atoms with Gasteiger partial charge in [0.15, 0.2) is 5.76 Å². The maximum atomic E-state index is 13.2. The van der Waals surface area contributed by atoms with Crippen molar-refractivity contribution >= 4 is 12.2 Å². The van der Waals surface area contributed by atoms with Crippen LogP contribution in [-0.2, 0) is 4.74 Å². The van der Waals surface area contributed by atoms with Crippen molar-refractivity contribution in [2.45, 2.75) is 12.3 Å². The van der Waals surface area contributed by atoms with E-state index in [0.717, 1.165) is 6.08 Å². The summed E-state index contributed by atoms with van der Waals surface area (Å²) in [5.74, 6) is -0.781. The molecule has 1 unspecified atom stereocenters. The van der Waals surface area contributed by atoms with E-state index in [9.17, 15) is 18.0 Å². The molecule has 0 radical (unpaired) electrons. The molecule has 24 heavy (non-hydrogen) atoms. The van der Waals surface area contributed by atoms with Gasteiger partial charge in [0.05, 0.1) is 0 Å². The predicted molar refractivity (Wildman–Crippen MR) is 79.4 cm³/mol. The molecule has 3 rings (SSSR count). The molecule has 2 aromatic rings. The van der Waals surface area contributed by atoms with Crippen LogP contribution >= 0.6 is 0 Å². The lowest BCUT2D eigenvalue weighted by Crippen LogP contribution is -2.39. The van der Waals surface area contributed by atoms with Gasteiger partial charge in [0.25, 0.3) is 6.10 Å². The fourth-order valence-electron chi connectivity index (χ4n) is 2.46. The van der Waals surface area contributed by atoms with Crippen molar-refractivity contribution in [2.75, 3.05) is 0 Å². The minimum Gasteiger partial charge on any atom is -0.472 e. The first-order chi connectivity index (χ1) is 11.4. The zero-order chi connectivity index (χ0) is 17.3. The fraction of sp³-hybridized carbons (Fsp3) is 0.118. The summed E-state index contributed by atoms with van der Waals surface area (Å²) in [6.07, 6.45) is -8.09. The molecule has 1 N–H and O–H groups in total. The number of benzene rings is 2. The quantitative estimate of drug-likeness (QED) is 0.807. The molecule has 2 aromatic carbocycles. The van der Waals surface area contributed by atoms with E-state index < -0.39 is 24.2 Å². The molecule has 0 saturated carbocycles. The summed E-state index contributed by atoms with van der Waals surface area (Å²) in [5.41, 5.74) is 1.48. The Hall–Kier alpha value is -2.96. The average Bonchev–Trinajstić information content (AvgIpc) is 2.53. The lowest BCUT2D eigenvalue weighted by molar-refractivity contribution is -0.191.